The average molecular weight is 242 g/mol. The number of nitrogens with one attached hydrogen (secondary N) is 1. The van der Waals surface area contributed by atoms with E-state index in [9.17, 15) is 4.79 Å². The molecule has 1 aliphatic rings. The predicted molar refractivity (Wildman–Crippen MR) is 68.6 cm³/mol. The zero-order chi connectivity index (χ0) is 12.5. The van der Waals surface area contributed by atoms with Gasteiger partial charge in [0.15, 0.2) is 0 Å². The van der Waals surface area contributed by atoms with Gasteiger partial charge in [-0.25, -0.2) is 0 Å². The largest absolute Gasteiger partial charge is 0.381 e. The second kappa shape index (κ2) is 8.48. The Morgan fingerprint density at radius 2 is 2.24 bits per heavy atom. The lowest BCUT2D eigenvalue weighted by Crippen LogP contribution is -2.35. The van der Waals surface area contributed by atoms with E-state index in [0.29, 0.717) is 12.5 Å². The quantitative estimate of drug-likeness (QED) is 0.630. The highest BCUT2D eigenvalue weighted by Crippen LogP contribution is 2.30. The van der Waals surface area contributed by atoms with Crippen LogP contribution in [0.4, 0.5) is 0 Å². The first kappa shape index (κ1) is 14.5. The zero-order valence-corrected chi connectivity index (χ0v) is 10.9. The van der Waals surface area contributed by atoms with E-state index < -0.39 is 0 Å². The average Bonchev–Trinajstić information content (AvgIpc) is 2.81. The van der Waals surface area contributed by atoms with Crippen molar-refractivity contribution in [2.45, 2.75) is 39.0 Å². The molecular weight excluding hydrogens is 216 g/mol. The molecule has 0 aromatic rings. The summed E-state index contributed by atoms with van der Waals surface area (Å²) in [6, 6.07) is 0. The number of hydrogen-bond donors (Lipinski definition) is 2. The van der Waals surface area contributed by atoms with Crippen molar-refractivity contribution >= 4 is 5.91 Å². The van der Waals surface area contributed by atoms with Crippen LogP contribution < -0.4 is 11.1 Å². The molecule has 100 valence electrons. The number of hydrogen-bond acceptors (Lipinski definition) is 3. The van der Waals surface area contributed by atoms with E-state index in [4.69, 9.17) is 10.5 Å². The molecule has 0 aromatic heterocycles. The number of amides is 1. The maximum atomic E-state index is 11.9. The Hall–Kier alpha value is -0.610. The Morgan fingerprint density at radius 1 is 1.41 bits per heavy atom. The van der Waals surface area contributed by atoms with Crippen LogP contribution >= 0.6 is 0 Å². The first-order valence-corrected chi connectivity index (χ1v) is 6.85. The fraction of sp³-hybridized carbons (Fsp3) is 0.923. The molecule has 2 unspecified atom stereocenters. The Bertz CT molecular complexity index is 221. The maximum absolute atomic E-state index is 11.9. The Kier molecular flexibility index (Phi) is 7.21. The number of carbonyl (C=O) groups is 1. The van der Waals surface area contributed by atoms with Crippen LogP contribution in [0, 0.1) is 11.8 Å². The zero-order valence-electron chi connectivity index (χ0n) is 10.9. The molecule has 2 atom stereocenters. The summed E-state index contributed by atoms with van der Waals surface area (Å²) in [5.41, 5.74) is 5.67. The number of carbonyl (C=O) groups excluding carboxylic acids is 1. The molecule has 0 saturated heterocycles. The highest BCUT2D eigenvalue weighted by molar-refractivity contribution is 5.79. The highest BCUT2D eigenvalue weighted by atomic mass is 16.5. The van der Waals surface area contributed by atoms with Crippen LogP contribution in [0.2, 0.25) is 0 Å². The topological polar surface area (TPSA) is 64.3 Å². The predicted octanol–water partition coefficient (Wildman–Crippen LogP) is 1.29. The summed E-state index contributed by atoms with van der Waals surface area (Å²) in [5, 5.41) is 2.99. The van der Waals surface area contributed by atoms with Gasteiger partial charge in [0.05, 0.1) is 0 Å². The van der Waals surface area contributed by atoms with Crippen molar-refractivity contribution in [3.05, 3.63) is 0 Å². The molecule has 3 N–H and O–H groups in total. The van der Waals surface area contributed by atoms with Crippen LogP contribution in [-0.4, -0.2) is 32.2 Å². The summed E-state index contributed by atoms with van der Waals surface area (Å²) in [6.07, 6.45) is 5.19. The van der Waals surface area contributed by atoms with Gasteiger partial charge in [-0.05, 0) is 38.1 Å². The molecule has 4 heteroatoms. The van der Waals surface area contributed by atoms with Gasteiger partial charge in [0.25, 0.3) is 0 Å². The van der Waals surface area contributed by atoms with Crippen molar-refractivity contribution < 1.29 is 9.53 Å². The molecule has 17 heavy (non-hydrogen) atoms. The van der Waals surface area contributed by atoms with Crippen LogP contribution in [0.1, 0.15) is 39.0 Å². The lowest BCUT2D eigenvalue weighted by molar-refractivity contribution is -0.126. The smallest absolute Gasteiger partial charge is 0.223 e. The standard InChI is InChI=1S/C13H26N2O2/c1-2-8-17-9-4-7-15-13(16)12-6-3-5-11(12)10-14/h11-12H,2-10,14H2,1H3,(H,15,16). The number of nitrogens with two attached hydrogens (primary N) is 1. The molecule has 1 saturated carbocycles. The molecule has 0 spiro atoms. The van der Waals surface area contributed by atoms with E-state index in [2.05, 4.69) is 12.2 Å². The maximum Gasteiger partial charge on any atom is 0.223 e. The van der Waals surface area contributed by atoms with Gasteiger partial charge >= 0.3 is 0 Å². The summed E-state index contributed by atoms with van der Waals surface area (Å²) in [6.45, 7) is 4.99. The summed E-state index contributed by atoms with van der Waals surface area (Å²) >= 11 is 0. The molecule has 0 heterocycles. The van der Waals surface area contributed by atoms with Gasteiger partial charge in [0.1, 0.15) is 0 Å². The third-order valence-corrected chi connectivity index (χ3v) is 3.41. The fourth-order valence-corrected chi connectivity index (χ4v) is 2.43. The van der Waals surface area contributed by atoms with Gasteiger partial charge < -0.3 is 15.8 Å². The molecule has 0 aromatic carbocycles. The lowest BCUT2D eigenvalue weighted by atomic mass is 9.95. The molecule has 1 rings (SSSR count). The van der Waals surface area contributed by atoms with Crippen LogP contribution in [0.15, 0.2) is 0 Å². The summed E-state index contributed by atoms with van der Waals surface area (Å²) < 4.78 is 5.36. The van der Waals surface area contributed by atoms with E-state index >= 15 is 0 Å². The summed E-state index contributed by atoms with van der Waals surface area (Å²) in [4.78, 5) is 11.9. The molecule has 0 bridgehead atoms. The molecule has 0 aliphatic heterocycles. The van der Waals surface area contributed by atoms with E-state index in [0.717, 1.165) is 51.9 Å². The van der Waals surface area contributed by atoms with Crippen LogP contribution in [-0.2, 0) is 9.53 Å². The van der Waals surface area contributed by atoms with Crippen molar-refractivity contribution in [1.29, 1.82) is 0 Å². The van der Waals surface area contributed by atoms with E-state index in [-0.39, 0.29) is 11.8 Å². The monoisotopic (exact) mass is 242 g/mol. The minimum atomic E-state index is 0.150. The van der Waals surface area contributed by atoms with E-state index in [1.807, 2.05) is 0 Å². The second-order valence-corrected chi connectivity index (χ2v) is 4.79. The van der Waals surface area contributed by atoms with Gasteiger partial charge in [-0.3, -0.25) is 4.79 Å². The van der Waals surface area contributed by atoms with E-state index in [1.54, 1.807) is 0 Å². The SMILES string of the molecule is CCCOCCCNC(=O)C1CCCC1CN. The first-order valence-electron chi connectivity index (χ1n) is 6.85. The lowest BCUT2D eigenvalue weighted by Gasteiger charge is -2.17. The van der Waals surface area contributed by atoms with Crippen molar-refractivity contribution in [3.63, 3.8) is 0 Å². The molecule has 0 radical (unpaired) electrons. The van der Waals surface area contributed by atoms with Gasteiger partial charge in [0, 0.05) is 25.7 Å². The molecule has 4 nitrogen and oxygen atoms in total. The van der Waals surface area contributed by atoms with E-state index in [1.165, 1.54) is 0 Å². The summed E-state index contributed by atoms with van der Waals surface area (Å²) in [7, 11) is 0. The minimum Gasteiger partial charge on any atom is -0.381 e. The third kappa shape index (κ3) is 5.04. The Labute approximate surface area is 104 Å². The highest BCUT2D eigenvalue weighted by Gasteiger charge is 2.31. The van der Waals surface area contributed by atoms with Crippen molar-refractivity contribution in [2.75, 3.05) is 26.3 Å². The van der Waals surface area contributed by atoms with Gasteiger partial charge in [-0.15, -0.1) is 0 Å². The van der Waals surface area contributed by atoms with Crippen molar-refractivity contribution in [1.82, 2.24) is 5.32 Å². The third-order valence-electron chi connectivity index (χ3n) is 3.41. The number of rotatable bonds is 8. The fourth-order valence-electron chi connectivity index (χ4n) is 2.43. The summed E-state index contributed by atoms with van der Waals surface area (Å²) in [5.74, 6) is 0.733. The Morgan fingerprint density at radius 3 is 2.94 bits per heavy atom. The van der Waals surface area contributed by atoms with Crippen LogP contribution in [0.3, 0.4) is 0 Å². The van der Waals surface area contributed by atoms with Crippen LogP contribution in [0.25, 0.3) is 0 Å². The normalized spacial score (nSPS) is 23.9. The minimum absolute atomic E-state index is 0.150. The van der Waals surface area contributed by atoms with Gasteiger partial charge in [-0.2, -0.15) is 0 Å². The van der Waals surface area contributed by atoms with Crippen LogP contribution in [0.5, 0.6) is 0 Å². The van der Waals surface area contributed by atoms with Gasteiger partial charge in [0.2, 0.25) is 5.91 Å². The Balaban J connectivity index is 2.08. The van der Waals surface area contributed by atoms with Crippen molar-refractivity contribution in [3.8, 4) is 0 Å². The first-order chi connectivity index (χ1) is 8.29. The molecule has 1 fully saturated rings. The van der Waals surface area contributed by atoms with Gasteiger partial charge in [-0.1, -0.05) is 13.3 Å². The molecule has 1 amide bonds. The second-order valence-electron chi connectivity index (χ2n) is 4.79. The molecule has 1 aliphatic carbocycles. The number of ether oxygens (including phenoxy) is 1. The molecular formula is C13H26N2O2. The van der Waals surface area contributed by atoms with Crippen molar-refractivity contribution in [2.24, 2.45) is 17.6 Å².